The Labute approximate surface area is 136 Å². The van der Waals surface area contributed by atoms with Gasteiger partial charge in [-0.05, 0) is 24.3 Å². The Morgan fingerprint density at radius 3 is 2.25 bits per heavy atom. The van der Waals surface area contributed by atoms with Crippen LogP contribution in [0.5, 0.6) is 5.75 Å². The molecule has 0 N–H and O–H groups in total. The van der Waals surface area contributed by atoms with E-state index < -0.39 is 35.0 Å². The third-order valence-electron chi connectivity index (χ3n) is 2.76. The summed E-state index contributed by atoms with van der Waals surface area (Å²) in [5.74, 6) is -4.68. The minimum atomic E-state index is -1.26. The van der Waals surface area contributed by atoms with E-state index in [1.165, 1.54) is 18.2 Å². The highest BCUT2D eigenvalue weighted by atomic mass is 19.1. The fraction of sp³-hybridized carbons (Fsp3) is 0. The fourth-order valence-electron chi connectivity index (χ4n) is 1.64. The van der Waals surface area contributed by atoms with Crippen molar-refractivity contribution < 1.29 is 33.3 Å². The molecule has 0 aliphatic heterocycles. The fourth-order valence-corrected chi connectivity index (χ4v) is 1.64. The van der Waals surface area contributed by atoms with Gasteiger partial charge in [-0.25, -0.2) is 28.5 Å². The molecule has 6 nitrogen and oxygen atoms in total. The second-order valence-corrected chi connectivity index (χ2v) is 4.35. The lowest BCUT2D eigenvalue weighted by Crippen LogP contribution is -2.14. The zero-order valence-electron chi connectivity index (χ0n) is 12.2. The van der Waals surface area contributed by atoms with E-state index in [0.717, 1.165) is 18.2 Å². The van der Waals surface area contributed by atoms with Gasteiger partial charge in [0, 0.05) is 6.08 Å². The summed E-state index contributed by atoms with van der Waals surface area (Å²) < 4.78 is 18.7. The van der Waals surface area contributed by atoms with Crippen LogP contribution in [0.25, 0.3) is 0 Å². The second kappa shape index (κ2) is 7.68. The molecule has 0 aromatic heterocycles. The number of esters is 1. The van der Waals surface area contributed by atoms with Crippen molar-refractivity contribution >= 4 is 17.9 Å². The molecular weight excluding hydrogens is 319 g/mol. The number of benzene rings is 2. The summed E-state index contributed by atoms with van der Waals surface area (Å²) in [5.41, 5.74) is -0.412. The summed E-state index contributed by atoms with van der Waals surface area (Å²) >= 11 is 0. The molecule has 0 heterocycles. The second-order valence-electron chi connectivity index (χ2n) is 4.35. The number of carbonyl (C=O) groups excluding carboxylic acids is 3. The third-order valence-corrected chi connectivity index (χ3v) is 2.76. The van der Waals surface area contributed by atoms with Gasteiger partial charge in [0.1, 0.15) is 5.56 Å². The summed E-state index contributed by atoms with van der Waals surface area (Å²) in [5, 5.41) is 0. The molecule has 24 heavy (non-hydrogen) atoms. The third kappa shape index (κ3) is 4.04. The molecule has 0 saturated heterocycles. The number of hydrogen-bond acceptors (Lipinski definition) is 6. The van der Waals surface area contributed by atoms with Gasteiger partial charge in [-0.15, -0.1) is 0 Å². The topological polar surface area (TPSA) is 78.9 Å². The standard InChI is InChI=1S/C17H11FO6/c1-2-14(19)22-13-10-6-9-12(15(13)18)17(21)24-23-16(20)11-7-4-3-5-8-11/h2-10H,1H2. The average Bonchev–Trinajstić information content (AvgIpc) is 2.61. The first kappa shape index (κ1) is 16.9. The zero-order chi connectivity index (χ0) is 17.5. The summed E-state index contributed by atoms with van der Waals surface area (Å²) in [6, 6.07) is 11.3. The molecule has 0 atom stereocenters. The SMILES string of the molecule is C=CC(=O)Oc1cccc(C(=O)OOC(=O)c2ccccc2)c1F. The maximum atomic E-state index is 14.1. The van der Waals surface area contributed by atoms with Crippen molar-refractivity contribution in [3.05, 3.63) is 78.1 Å². The minimum Gasteiger partial charge on any atom is -0.420 e. The molecule has 0 spiro atoms. The monoisotopic (exact) mass is 330 g/mol. The smallest absolute Gasteiger partial charge is 0.389 e. The van der Waals surface area contributed by atoms with E-state index in [4.69, 9.17) is 0 Å². The molecule has 0 saturated carbocycles. The maximum absolute atomic E-state index is 14.1. The molecular formula is C17H11FO6. The molecule has 2 aromatic rings. The largest absolute Gasteiger partial charge is 0.420 e. The maximum Gasteiger partial charge on any atom is 0.389 e. The Kier molecular flexibility index (Phi) is 5.40. The molecule has 7 heteroatoms. The highest BCUT2D eigenvalue weighted by molar-refractivity contribution is 5.93. The van der Waals surface area contributed by atoms with Gasteiger partial charge in [0.15, 0.2) is 11.6 Å². The van der Waals surface area contributed by atoms with Crippen LogP contribution in [0.4, 0.5) is 4.39 Å². The van der Waals surface area contributed by atoms with E-state index in [2.05, 4.69) is 21.1 Å². The molecule has 0 amide bonds. The van der Waals surface area contributed by atoms with Gasteiger partial charge in [-0.3, -0.25) is 0 Å². The lowest BCUT2D eigenvalue weighted by molar-refractivity contribution is -0.187. The van der Waals surface area contributed by atoms with Crippen LogP contribution in [-0.4, -0.2) is 17.9 Å². The van der Waals surface area contributed by atoms with Crippen LogP contribution >= 0.6 is 0 Å². The number of carbonyl (C=O) groups is 3. The average molecular weight is 330 g/mol. The van der Waals surface area contributed by atoms with Crippen LogP contribution in [0.3, 0.4) is 0 Å². The van der Waals surface area contributed by atoms with E-state index in [-0.39, 0.29) is 5.56 Å². The number of rotatable bonds is 4. The van der Waals surface area contributed by atoms with Crippen molar-refractivity contribution in [1.82, 2.24) is 0 Å². The van der Waals surface area contributed by atoms with Gasteiger partial charge >= 0.3 is 17.9 Å². The minimum absolute atomic E-state index is 0.152. The first-order valence-corrected chi connectivity index (χ1v) is 6.64. The Morgan fingerprint density at radius 2 is 1.58 bits per heavy atom. The molecule has 0 radical (unpaired) electrons. The summed E-state index contributed by atoms with van der Waals surface area (Å²) in [6.45, 7) is 3.18. The lowest BCUT2D eigenvalue weighted by atomic mass is 10.2. The first-order chi connectivity index (χ1) is 11.5. The molecule has 2 aromatic carbocycles. The van der Waals surface area contributed by atoms with Crippen LogP contribution in [0.2, 0.25) is 0 Å². The van der Waals surface area contributed by atoms with Gasteiger partial charge in [-0.2, -0.15) is 0 Å². The van der Waals surface area contributed by atoms with Crippen molar-refractivity contribution in [1.29, 1.82) is 0 Å². The highest BCUT2D eigenvalue weighted by Crippen LogP contribution is 2.21. The highest BCUT2D eigenvalue weighted by Gasteiger charge is 2.21. The van der Waals surface area contributed by atoms with Crippen LogP contribution in [-0.2, 0) is 14.6 Å². The van der Waals surface area contributed by atoms with Gasteiger partial charge < -0.3 is 4.74 Å². The summed E-state index contributed by atoms with van der Waals surface area (Å²) in [4.78, 5) is 43.2. The Hall–Kier alpha value is -3.48. The number of hydrogen-bond donors (Lipinski definition) is 0. The van der Waals surface area contributed by atoms with Gasteiger partial charge in [0.2, 0.25) is 0 Å². The van der Waals surface area contributed by atoms with E-state index >= 15 is 0 Å². The molecule has 0 aliphatic carbocycles. The predicted molar refractivity (Wildman–Crippen MR) is 79.5 cm³/mol. The summed E-state index contributed by atoms with van der Waals surface area (Å²) in [7, 11) is 0. The van der Waals surface area contributed by atoms with Crippen LogP contribution in [0.15, 0.2) is 61.2 Å². The van der Waals surface area contributed by atoms with E-state index in [1.807, 2.05) is 0 Å². The molecule has 2 rings (SSSR count). The molecule has 0 bridgehead atoms. The van der Waals surface area contributed by atoms with Gasteiger partial charge in [0.25, 0.3) is 0 Å². The van der Waals surface area contributed by atoms with Gasteiger partial charge in [0.05, 0.1) is 5.56 Å². The van der Waals surface area contributed by atoms with Crippen molar-refractivity contribution in [3.8, 4) is 5.75 Å². The molecule has 0 fully saturated rings. The van der Waals surface area contributed by atoms with E-state index in [1.54, 1.807) is 18.2 Å². The first-order valence-electron chi connectivity index (χ1n) is 6.64. The summed E-state index contributed by atoms with van der Waals surface area (Å²) in [6.07, 6.45) is 0.839. The quantitative estimate of drug-likeness (QED) is 0.282. The molecule has 122 valence electrons. The van der Waals surface area contributed by atoms with Crippen molar-refractivity contribution in [2.45, 2.75) is 0 Å². The van der Waals surface area contributed by atoms with Crippen molar-refractivity contribution in [3.63, 3.8) is 0 Å². The zero-order valence-corrected chi connectivity index (χ0v) is 12.2. The van der Waals surface area contributed by atoms with Crippen molar-refractivity contribution in [2.75, 3.05) is 0 Å². The van der Waals surface area contributed by atoms with Crippen molar-refractivity contribution in [2.24, 2.45) is 0 Å². The molecule has 0 unspecified atom stereocenters. The Morgan fingerprint density at radius 1 is 0.917 bits per heavy atom. The van der Waals surface area contributed by atoms with Crippen LogP contribution in [0, 0.1) is 5.82 Å². The van der Waals surface area contributed by atoms with Crippen LogP contribution < -0.4 is 4.74 Å². The normalized spacial score (nSPS) is 9.71. The van der Waals surface area contributed by atoms with E-state index in [9.17, 15) is 18.8 Å². The van der Waals surface area contributed by atoms with E-state index in [0.29, 0.717) is 0 Å². The number of ether oxygens (including phenoxy) is 1. The predicted octanol–water partition coefficient (Wildman–Crippen LogP) is 2.85. The number of halogens is 1. The van der Waals surface area contributed by atoms with Crippen LogP contribution in [0.1, 0.15) is 20.7 Å². The Bertz CT molecular complexity index is 785. The van der Waals surface area contributed by atoms with Gasteiger partial charge in [-0.1, -0.05) is 30.8 Å². The lowest BCUT2D eigenvalue weighted by Gasteiger charge is -2.07. The molecule has 0 aliphatic rings. The Balaban J connectivity index is 2.07.